The molecular formula is C20H16N2O2S2. The van der Waals surface area contributed by atoms with Gasteiger partial charge in [-0.25, -0.2) is 9.78 Å². The van der Waals surface area contributed by atoms with Crippen molar-refractivity contribution < 1.29 is 9.53 Å². The highest BCUT2D eigenvalue weighted by molar-refractivity contribution is 7.24. The number of thiophene rings is 1. The van der Waals surface area contributed by atoms with Crippen molar-refractivity contribution in [2.24, 2.45) is 0 Å². The fourth-order valence-electron chi connectivity index (χ4n) is 2.70. The Bertz CT molecular complexity index is 1100. The number of thiazole rings is 1. The SMILES string of the molecule is CCOC(=O)c1sc(-c2ccc(-c3cnc4ccccc4c3)s2)nc1C. The topological polar surface area (TPSA) is 52.1 Å². The van der Waals surface area contributed by atoms with E-state index in [1.165, 1.54) is 11.3 Å². The summed E-state index contributed by atoms with van der Waals surface area (Å²) in [6.45, 7) is 4.01. The third kappa shape index (κ3) is 3.13. The Labute approximate surface area is 159 Å². The van der Waals surface area contributed by atoms with Crippen LogP contribution in [0.1, 0.15) is 22.3 Å². The number of aryl methyl sites for hydroxylation is 1. The largest absolute Gasteiger partial charge is 0.462 e. The first kappa shape index (κ1) is 16.9. The maximum Gasteiger partial charge on any atom is 0.350 e. The fourth-order valence-corrected chi connectivity index (χ4v) is 4.70. The van der Waals surface area contributed by atoms with Crippen molar-refractivity contribution in [2.75, 3.05) is 6.61 Å². The molecule has 0 bridgehead atoms. The number of esters is 1. The van der Waals surface area contributed by atoms with Gasteiger partial charge in [0.2, 0.25) is 0 Å². The number of aromatic nitrogens is 2. The Balaban J connectivity index is 1.67. The van der Waals surface area contributed by atoms with Crippen LogP contribution in [0.2, 0.25) is 0 Å². The van der Waals surface area contributed by atoms with Gasteiger partial charge in [0.05, 0.1) is 22.7 Å². The lowest BCUT2D eigenvalue weighted by Crippen LogP contribution is -2.03. The van der Waals surface area contributed by atoms with Crippen LogP contribution >= 0.6 is 22.7 Å². The van der Waals surface area contributed by atoms with E-state index in [0.717, 1.165) is 31.2 Å². The molecule has 0 unspecified atom stereocenters. The average Bonchev–Trinajstić information content (AvgIpc) is 3.28. The number of benzene rings is 1. The summed E-state index contributed by atoms with van der Waals surface area (Å²) in [5, 5.41) is 1.96. The number of ether oxygens (including phenoxy) is 1. The molecule has 3 heterocycles. The number of hydrogen-bond donors (Lipinski definition) is 0. The highest BCUT2D eigenvalue weighted by Crippen LogP contribution is 2.37. The van der Waals surface area contributed by atoms with E-state index in [9.17, 15) is 4.79 Å². The number of carbonyl (C=O) groups is 1. The van der Waals surface area contributed by atoms with Crippen molar-refractivity contribution in [3.05, 3.63) is 59.2 Å². The van der Waals surface area contributed by atoms with Crippen LogP contribution in [0, 0.1) is 6.92 Å². The van der Waals surface area contributed by atoms with E-state index in [-0.39, 0.29) is 5.97 Å². The Morgan fingerprint density at radius 2 is 1.92 bits per heavy atom. The summed E-state index contributed by atoms with van der Waals surface area (Å²) in [7, 11) is 0. The molecule has 0 saturated heterocycles. The van der Waals surface area contributed by atoms with Gasteiger partial charge in [-0.1, -0.05) is 18.2 Å². The van der Waals surface area contributed by atoms with Crippen LogP contribution in [0.4, 0.5) is 0 Å². The second kappa shape index (κ2) is 6.97. The summed E-state index contributed by atoms with van der Waals surface area (Å²) in [4.78, 5) is 23.8. The lowest BCUT2D eigenvalue weighted by Gasteiger charge is -2.00. The second-order valence-corrected chi connectivity index (χ2v) is 7.82. The van der Waals surface area contributed by atoms with Gasteiger partial charge in [0.1, 0.15) is 9.88 Å². The van der Waals surface area contributed by atoms with E-state index >= 15 is 0 Å². The molecule has 0 amide bonds. The Morgan fingerprint density at radius 1 is 1.12 bits per heavy atom. The molecule has 0 aliphatic heterocycles. The maximum atomic E-state index is 12.0. The van der Waals surface area contributed by atoms with Gasteiger partial charge in [-0.05, 0) is 38.1 Å². The second-order valence-electron chi connectivity index (χ2n) is 5.73. The zero-order chi connectivity index (χ0) is 18.1. The zero-order valence-corrected chi connectivity index (χ0v) is 16.0. The Hall–Kier alpha value is -2.57. The summed E-state index contributed by atoms with van der Waals surface area (Å²) in [6, 6.07) is 14.3. The molecule has 0 radical (unpaired) electrons. The molecule has 130 valence electrons. The van der Waals surface area contributed by atoms with Crippen LogP contribution < -0.4 is 0 Å². The highest BCUT2D eigenvalue weighted by atomic mass is 32.1. The maximum absolute atomic E-state index is 12.0. The van der Waals surface area contributed by atoms with Crippen LogP contribution in [0.3, 0.4) is 0 Å². The van der Waals surface area contributed by atoms with Crippen molar-refractivity contribution in [1.82, 2.24) is 9.97 Å². The predicted molar refractivity (Wildman–Crippen MR) is 107 cm³/mol. The van der Waals surface area contributed by atoms with Crippen molar-refractivity contribution >= 4 is 39.5 Å². The molecule has 0 aliphatic carbocycles. The molecule has 0 saturated carbocycles. The fraction of sp³-hybridized carbons (Fsp3) is 0.150. The number of fused-ring (bicyclic) bond motifs is 1. The van der Waals surface area contributed by atoms with E-state index in [1.807, 2.05) is 37.4 Å². The minimum absolute atomic E-state index is 0.302. The van der Waals surface area contributed by atoms with E-state index in [0.29, 0.717) is 17.2 Å². The molecule has 3 aromatic heterocycles. The number of hydrogen-bond acceptors (Lipinski definition) is 6. The van der Waals surface area contributed by atoms with Gasteiger partial charge in [0, 0.05) is 22.0 Å². The van der Waals surface area contributed by atoms with Crippen LogP contribution in [-0.4, -0.2) is 22.5 Å². The van der Waals surface area contributed by atoms with E-state index in [2.05, 4.69) is 28.2 Å². The Morgan fingerprint density at radius 3 is 2.77 bits per heavy atom. The third-order valence-electron chi connectivity index (χ3n) is 3.95. The molecule has 1 aromatic carbocycles. The van der Waals surface area contributed by atoms with Crippen molar-refractivity contribution in [2.45, 2.75) is 13.8 Å². The summed E-state index contributed by atoms with van der Waals surface area (Å²) in [5.74, 6) is -0.302. The van der Waals surface area contributed by atoms with Crippen LogP contribution in [-0.2, 0) is 4.74 Å². The van der Waals surface area contributed by atoms with Gasteiger partial charge in [0.25, 0.3) is 0 Å². The van der Waals surface area contributed by atoms with Crippen LogP contribution in [0.25, 0.3) is 31.2 Å². The number of carbonyl (C=O) groups excluding carboxylic acids is 1. The first-order valence-corrected chi connectivity index (χ1v) is 9.89. The molecule has 0 aliphatic rings. The number of para-hydroxylation sites is 1. The molecule has 0 spiro atoms. The number of pyridine rings is 1. The van der Waals surface area contributed by atoms with Gasteiger partial charge < -0.3 is 4.74 Å². The first-order valence-electron chi connectivity index (χ1n) is 8.25. The molecule has 26 heavy (non-hydrogen) atoms. The lowest BCUT2D eigenvalue weighted by molar-refractivity contribution is 0.0531. The highest BCUT2D eigenvalue weighted by Gasteiger charge is 2.18. The third-order valence-corrected chi connectivity index (χ3v) is 6.39. The molecule has 0 N–H and O–H groups in total. The van der Waals surface area contributed by atoms with Crippen molar-refractivity contribution in [3.63, 3.8) is 0 Å². The quantitative estimate of drug-likeness (QED) is 0.434. The lowest BCUT2D eigenvalue weighted by atomic mass is 10.1. The standard InChI is InChI=1S/C20H16N2O2S2/c1-3-24-20(23)18-12(2)22-19(26-18)17-9-8-16(25-17)14-10-13-6-4-5-7-15(13)21-11-14/h4-11H,3H2,1-2H3. The predicted octanol–water partition coefficient (Wildman–Crippen LogP) is 5.57. The molecular weight excluding hydrogens is 364 g/mol. The normalized spacial score (nSPS) is 11.0. The van der Waals surface area contributed by atoms with Gasteiger partial charge in [-0.2, -0.15) is 0 Å². The summed E-state index contributed by atoms with van der Waals surface area (Å²) in [5.41, 5.74) is 2.78. The number of rotatable bonds is 4. The number of nitrogens with zero attached hydrogens (tertiary/aromatic N) is 2. The molecule has 4 aromatic rings. The van der Waals surface area contributed by atoms with Crippen LogP contribution in [0.5, 0.6) is 0 Å². The van der Waals surface area contributed by atoms with Gasteiger partial charge in [-0.3, -0.25) is 4.98 Å². The summed E-state index contributed by atoms with van der Waals surface area (Å²) < 4.78 is 5.10. The molecule has 4 nitrogen and oxygen atoms in total. The minimum Gasteiger partial charge on any atom is -0.462 e. The molecule has 6 heteroatoms. The Kier molecular flexibility index (Phi) is 4.53. The molecule has 0 atom stereocenters. The molecule has 0 fully saturated rings. The summed E-state index contributed by atoms with van der Waals surface area (Å²) in [6.07, 6.45) is 1.90. The van der Waals surface area contributed by atoms with Crippen molar-refractivity contribution in [1.29, 1.82) is 0 Å². The molecule has 4 rings (SSSR count). The summed E-state index contributed by atoms with van der Waals surface area (Å²) >= 11 is 3.03. The van der Waals surface area contributed by atoms with Gasteiger partial charge in [0.15, 0.2) is 0 Å². The monoisotopic (exact) mass is 380 g/mol. The van der Waals surface area contributed by atoms with Gasteiger partial charge >= 0.3 is 5.97 Å². The van der Waals surface area contributed by atoms with Crippen LogP contribution in [0.15, 0.2) is 48.7 Å². The zero-order valence-electron chi connectivity index (χ0n) is 14.4. The van der Waals surface area contributed by atoms with Gasteiger partial charge in [-0.15, -0.1) is 22.7 Å². The first-order chi connectivity index (χ1) is 12.7. The van der Waals surface area contributed by atoms with E-state index in [4.69, 9.17) is 4.74 Å². The van der Waals surface area contributed by atoms with E-state index < -0.39 is 0 Å². The smallest absolute Gasteiger partial charge is 0.350 e. The van der Waals surface area contributed by atoms with E-state index in [1.54, 1.807) is 18.3 Å². The minimum atomic E-state index is -0.302. The average molecular weight is 380 g/mol. The van der Waals surface area contributed by atoms with Crippen molar-refractivity contribution in [3.8, 4) is 20.3 Å².